The monoisotopic (exact) mass is 238 g/mol. The molecule has 1 aromatic heterocycles. The third-order valence-electron chi connectivity index (χ3n) is 3.40. The maximum absolute atomic E-state index is 10.6. The molecule has 0 aromatic carbocycles. The van der Waals surface area contributed by atoms with E-state index in [1.54, 1.807) is 10.9 Å². The van der Waals surface area contributed by atoms with Crippen LogP contribution in [-0.2, 0) is 7.05 Å². The summed E-state index contributed by atoms with van der Waals surface area (Å²) in [6.45, 7) is 0. The van der Waals surface area contributed by atoms with E-state index in [1.807, 2.05) is 7.05 Å². The minimum absolute atomic E-state index is 0.0283. The van der Waals surface area contributed by atoms with Crippen LogP contribution < -0.4 is 11.1 Å². The smallest absolute Gasteiger partial charge is 0.404 e. The lowest BCUT2D eigenvalue weighted by Gasteiger charge is -2.29. The topological polar surface area (TPSA) is 93.2 Å². The number of carboxylic acid groups (broad SMARTS) is 1. The van der Waals surface area contributed by atoms with Gasteiger partial charge in [0.25, 0.3) is 0 Å². The Labute approximate surface area is 99.8 Å². The van der Waals surface area contributed by atoms with Crippen molar-refractivity contribution >= 4 is 11.8 Å². The van der Waals surface area contributed by atoms with Crippen LogP contribution in [-0.4, -0.2) is 27.0 Å². The van der Waals surface area contributed by atoms with E-state index in [-0.39, 0.29) is 6.04 Å². The van der Waals surface area contributed by atoms with Crippen LogP contribution in [0, 0.1) is 0 Å². The first-order chi connectivity index (χ1) is 8.08. The normalized spacial score (nSPS) is 24.5. The molecule has 2 unspecified atom stereocenters. The molecule has 1 fully saturated rings. The highest BCUT2D eigenvalue weighted by atomic mass is 16.4. The molecule has 1 aromatic rings. The average molecular weight is 238 g/mol. The van der Waals surface area contributed by atoms with Gasteiger partial charge in [-0.25, -0.2) is 4.79 Å². The molecule has 1 saturated carbocycles. The molecule has 0 spiro atoms. The summed E-state index contributed by atoms with van der Waals surface area (Å²) >= 11 is 0. The maximum Gasteiger partial charge on any atom is 0.404 e. The van der Waals surface area contributed by atoms with Crippen LogP contribution in [0.3, 0.4) is 0 Å². The molecule has 17 heavy (non-hydrogen) atoms. The van der Waals surface area contributed by atoms with Gasteiger partial charge in [0.05, 0.1) is 17.6 Å². The Morgan fingerprint density at radius 1 is 1.65 bits per heavy atom. The van der Waals surface area contributed by atoms with Crippen molar-refractivity contribution < 1.29 is 9.90 Å². The predicted molar refractivity (Wildman–Crippen MR) is 63.8 cm³/mol. The number of hydrogen-bond acceptors (Lipinski definition) is 3. The molecule has 2 rings (SSSR count). The molecule has 1 aliphatic rings. The number of carbonyl (C=O) groups is 1. The van der Waals surface area contributed by atoms with E-state index >= 15 is 0 Å². The Morgan fingerprint density at radius 3 is 3.00 bits per heavy atom. The molecule has 1 heterocycles. The number of nitrogen functional groups attached to an aromatic ring is 1. The molecular weight excluding hydrogens is 220 g/mol. The van der Waals surface area contributed by atoms with Gasteiger partial charge in [0, 0.05) is 19.0 Å². The summed E-state index contributed by atoms with van der Waals surface area (Å²) < 4.78 is 1.79. The SMILES string of the molecule is Cn1ncc(N)c1C1CCCC(NC(=O)O)C1. The van der Waals surface area contributed by atoms with Crippen LogP contribution in [0.5, 0.6) is 0 Å². The van der Waals surface area contributed by atoms with E-state index in [2.05, 4.69) is 10.4 Å². The minimum Gasteiger partial charge on any atom is -0.465 e. The number of nitrogens with two attached hydrogens (primary N) is 1. The Hall–Kier alpha value is -1.72. The Kier molecular flexibility index (Phi) is 3.21. The number of rotatable bonds is 2. The summed E-state index contributed by atoms with van der Waals surface area (Å²) in [5.41, 5.74) is 7.63. The first-order valence-corrected chi connectivity index (χ1v) is 5.84. The highest BCUT2D eigenvalue weighted by molar-refractivity contribution is 5.64. The molecule has 0 radical (unpaired) electrons. The van der Waals surface area contributed by atoms with Crippen LogP contribution in [0.25, 0.3) is 0 Å². The van der Waals surface area contributed by atoms with Gasteiger partial charge in [-0.1, -0.05) is 6.42 Å². The van der Waals surface area contributed by atoms with E-state index in [0.29, 0.717) is 11.6 Å². The Morgan fingerprint density at radius 2 is 2.41 bits per heavy atom. The molecule has 6 nitrogen and oxygen atoms in total. The number of aromatic nitrogens is 2. The Balaban J connectivity index is 2.09. The summed E-state index contributed by atoms with van der Waals surface area (Å²) in [7, 11) is 1.87. The van der Waals surface area contributed by atoms with Gasteiger partial charge in [0.1, 0.15) is 0 Å². The van der Waals surface area contributed by atoms with Gasteiger partial charge in [0.15, 0.2) is 0 Å². The van der Waals surface area contributed by atoms with Crippen LogP contribution >= 0.6 is 0 Å². The first-order valence-electron chi connectivity index (χ1n) is 5.84. The molecule has 1 amide bonds. The standard InChI is InChI=1S/C11H18N4O2/c1-15-10(9(12)6-13-15)7-3-2-4-8(5-7)14-11(16)17/h6-8,14H,2-5,12H2,1H3,(H,16,17). The number of nitrogens with one attached hydrogen (secondary N) is 1. The van der Waals surface area contributed by atoms with Crippen LogP contribution in [0.2, 0.25) is 0 Å². The molecule has 6 heteroatoms. The lowest BCUT2D eigenvalue weighted by atomic mass is 9.83. The molecule has 0 aliphatic heterocycles. The summed E-state index contributed by atoms with van der Waals surface area (Å²) in [6.07, 6.45) is 4.47. The summed E-state index contributed by atoms with van der Waals surface area (Å²) in [5, 5.41) is 15.4. The summed E-state index contributed by atoms with van der Waals surface area (Å²) in [6, 6.07) is 0.0283. The van der Waals surface area contributed by atoms with Gasteiger partial charge < -0.3 is 16.2 Å². The van der Waals surface area contributed by atoms with Crippen molar-refractivity contribution in [3.63, 3.8) is 0 Å². The zero-order valence-corrected chi connectivity index (χ0v) is 9.89. The van der Waals surface area contributed by atoms with Crippen molar-refractivity contribution in [1.29, 1.82) is 0 Å². The zero-order valence-electron chi connectivity index (χ0n) is 9.89. The molecule has 2 atom stereocenters. The second-order valence-corrected chi connectivity index (χ2v) is 4.62. The fourth-order valence-corrected chi connectivity index (χ4v) is 2.71. The van der Waals surface area contributed by atoms with Crippen molar-refractivity contribution in [2.45, 2.75) is 37.6 Å². The van der Waals surface area contributed by atoms with Crippen molar-refractivity contribution in [2.75, 3.05) is 5.73 Å². The average Bonchev–Trinajstić information content (AvgIpc) is 2.58. The van der Waals surface area contributed by atoms with Crippen LogP contribution in [0.15, 0.2) is 6.20 Å². The molecule has 0 saturated heterocycles. The van der Waals surface area contributed by atoms with E-state index in [4.69, 9.17) is 10.8 Å². The van der Waals surface area contributed by atoms with Gasteiger partial charge in [-0.2, -0.15) is 5.10 Å². The van der Waals surface area contributed by atoms with Gasteiger partial charge in [0.2, 0.25) is 0 Å². The van der Waals surface area contributed by atoms with Gasteiger partial charge in [-0.05, 0) is 19.3 Å². The molecule has 1 aliphatic carbocycles. The summed E-state index contributed by atoms with van der Waals surface area (Å²) in [4.78, 5) is 10.6. The fourth-order valence-electron chi connectivity index (χ4n) is 2.71. The lowest BCUT2D eigenvalue weighted by Crippen LogP contribution is -2.37. The van der Waals surface area contributed by atoms with Crippen LogP contribution in [0.4, 0.5) is 10.5 Å². The number of hydrogen-bond donors (Lipinski definition) is 3. The largest absolute Gasteiger partial charge is 0.465 e. The highest BCUT2D eigenvalue weighted by Crippen LogP contribution is 2.35. The van der Waals surface area contributed by atoms with Crippen molar-refractivity contribution in [3.8, 4) is 0 Å². The summed E-state index contributed by atoms with van der Waals surface area (Å²) in [5.74, 6) is 0.299. The maximum atomic E-state index is 10.6. The number of aryl methyl sites for hydroxylation is 1. The second-order valence-electron chi connectivity index (χ2n) is 4.62. The number of anilines is 1. The number of amides is 1. The van der Waals surface area contributed by atoms with E-state index < -0.39 is 6.09 Å². The molecular formula is C11H18N4O2. The quantitative estimate of drug-likeness (QED) is 0.723. The van der Waals surface area contributed by atoms with Gasteiger partial charge in [-0.3, -0.25) is 4.68 Å². The second kappa shape index (κ2) is 4.65. The fraction of sp³-hybridized carbons (Fsp3) is 0.636. The zero-order chi connectivity index (χ0) is 12.4. The third kappa shape index (κ3) is 2.51. The third-order valence-corrected chi connectivity index (χ3v) is 3.40. The van der Waals surface area contributed by atoms with E-state index in [9.17, 15) is 4.79 Å². The van der Waals surface area contributed by atoms with Crippen molar-refractivity contribution in [1.82, 2.24) is 15.1 Å². The van der Waals surface area contributed by atoms with Gasteiger partial charge >= 0.3 is 6.09 Å². The van der Waals surface area contributed by atoms with Gasteiger partial charge in [-0.15, -0.1) is 0 Å². The van der Waals surface area contributed by atoms with Crippen LogP contribution in [0.1, 0.15) is 37.3 Å². The Bertz CT molecular complexity index is 396. The first kappa shape index (κ1) is 11.8. The predicted octanol–water partition coefficient (Wildman–Crippen LogP) is 1.30. The molecule has 94 valence electrons. The minimum atomic E-state index is -0.950. The molecule has 0 bridgehead atoms. The molecule has 4 N–H and O–H groups in total. The van der Waals surface area contributed by atoms with E-state index in [0.717, 1.165) is 31.4 Å². The van der Waals surface area contributed by atoms with Crippen molar-refractivity contribution in [3.05, 3.63) is 11.9 Å². The van der Waals surface area contributed by atoms with Crippen molar-refractivity contribution in [2.24, 2.45) is 7.05 Å². The lowest BCUT2D eigenvalue weighted by molar-refractivity contribution is 0.184. The van der Waals surface area contributed by atoms with E-state index in [1.165, 1.54) is 0 Å². The highest BCUT2D eigenvalue weighted by Gasteiger charge is 2.27. The number of nitrogens with zero attached hydrogens (tertiary/aromatic N) is 2.